The summed E-state index contributed by atoms with van der Waals surface area (Å²) in [5.41, 5.74) is 7.60. The number of carbonyl (C=O) groups excluding carboxylic acids is 2. The van der Waals surface area contributed by atoms with Crippen molar-refractivity contribution in [2.45, 2.75) is 57.4 Å². The zero-order chi connectivity index (χ0) is 18.8. The molecular formula is C20H26N4O2S. The third-order valence-corrected chi connectivity index (χ3v) is 6.63. The number of nitrogens with zero attached hydrogens (tertiary/aromatic N) is 1. The highest BCUT2D eigenvalue weighted by Crippen LogP contribution is 2.31. The van der Waals surface area contributed by atoms with Gasteiger partial charge in [0.25, 0.3) is 0 Å². The van der Waals surface area contributed by atoms with Crippen molar-refractivity contribution in [1.29, 1.82) is 0 Å². The minimum absolute atomic E-state index is 0.00725. The summed E-state index contributed by atoms with van der Waals surface area (Å²) in [6.45, 7) is 0. The molecule has 144 valence electrons. The fourth-order valence-corrected chi connectivity index (χ4v) is 5.07. The van der Waals surface area contributed by atoms with E-state index in [0.29, 0.717) is 5.13 Å². The number of nitrogens with one attached hydrogen (secondary N) is 2. The lowest BCUT2D eigenvalue weighted by molar-refractivity contribution is -0.121. The summed E-state index contributed by atoms with van der Waals surface area (Å²) in [6, 6.07) is 5.81. The molecule has 0 aliphatic heterocycles. The molecule has 0 spiro atoms. The maximum Gasteiger partial charge on any atom is 0.229 e. The Balaban J connectivity index is 1.42. The van der Waals surface area contributed by atoms with Crippen LogP contribution in [-0.2, 0) is 9.59 Å². The molecule has 0 bridgehead atoms. The third-order valence-electron chi connectivity index (χ3n) is 5.70. The van der Waals surface area contributed by atoms with Gasteiger partial charge in [-0.3, -0.25) is 9.59 Å². The van der Waals surface area contributed by atoms with Crippen molar-refractivity contribution in [3.63, 3.8) is 0 Å². The number of nitrogens with two attached hydrogens (primary N) is 1. The molecule has 4 rings (SSSR count). The van der Waals surface area contributed by atoms with Crippen molar-refractivity contribution in [3.05, 3.63) is 18.2 Å². The number of hydrogen-bond acceptors (Lipinski definition) is 5. The maximum absolute atomic E-state index is 12.5. The number of fused-ring (bicyclic) bond motifs is 1. The van der Waals surface area contributed by atoms with Gasteiger partial charge in [-0.2, -0.15) is 0 Å². The number of rotatable bonds is 4. The maximum atomic E-state index is 12.5. The van der Waals surface area contributed by atoms with Crippen molar-refractivity contribution in [1.82, 2.24) is 4.98 Å². The topological polar surface area (TPSA) is 97.1 Å². The second-order valence-corrected chi connectivity index (χ2v) is 8.82. The van der Waals surface area contributed by atoms with Gasteiger partial charge < -0.3 is 16.4 Å². The molecule has 7 heteroatoms. The van der Waals surface area contributed by atoms with Crippen LogP contribution in [0.15, 0.2) is 18.2 Å². The molecule has 2 aliphatic carbocycles. The third kappa shape index (κ3) is 4.30. The zero-order valence-corrected chi connectivity index (χ0v) is 16.2. The Labute approximate surface area is 162 Å². The highest BCUT2D eigenvalue weighted by Gasteiger charge is 2.26. The van der Waals surface area contributed by atoms with Crippen LogP contribution < -0.4 is 16.4 Å². The van der Waals surface area contributed by atoms with Gasteiger partial charge in [-0.25, -0.2) is 4.98 Å². The smallest absolute Gasteiger partial charge is 0.229 e. The molecule has 2 aromatic rings. The second-order valence-electron chi connectivity index (χ2n) is 7.79. The second kappa shape index (κ2) is 7.94. The van der Waals surface area contributed by atoms with E-state index >= 15 is 0 Å². The lowest BCUT2D eigenvalue weighted by atomic mass is 9.85. The summed E-state index contributed by atoms with van der Waals surface area (Å²) < 4.78 is 0.954. The molecule has 1 heterocycles. The molecule has 2 fully saturated rings. The zero-order valence-electron chi connectivity index (χ0n) is 15.4. The molecule has 2 aliphatic rings. The van der Waals surface area contributed by atoms with Gasteiger partial charge >= 0.3 is 0 Å². The van der Waals surface area contributed by atoms with Gasteiger partial charge in [0, 0.05) is 23.6 Å². The Kier molecular flexibility index (Phi) is 5.41. The minimum Gasteiger partial charge on any atom is -0.328 e. The molecular weight excluding hydrogens is 360 g/mol. The van der Waals surface area contributed by atoms with Gasteiger partial charge in [-0.05, 0) is 50.3 Å². The average Bonchev–Trinajstić information content (AvgIpc) is 3.30. The van der Waals surface area contributed by atoms with Crippen LogP contribution in [0.3, 0.4) is 0 Å². The molecule has 0 saturated heterocycles. The van der Waals surface area contributed by atoms with Gasteiger partial charge in [-0.15, -0.1) is 0 Å². The Hall–Kier alpha value is -1.99. The van der Waals surface area contributed by atoms with Crippen LogP contribution in [0.25, 0.3) is 10.2 Å². The normalized spacial score (nSPS) is 23.4. The first-order valence-corrected chi connectivity index (χ1v) is 10.7. The lowest BCUT2D eigenvalue weighted by Crippen LogP contribution is -2.34. The molecule has 4 N–H and O–H groups in total. The predicted molar refractivity (Wildman–Crippen MR) is 109 cm³/mol. The van der Waals surface area contributed by atoms with Crippen molar-refractivity contribution in [2.24, 2.45) is 17.6 Å². The summed E-state index contributed by atoms with van der Waals surface area (Å²) in [5.74, 6) is 0.235. The van der Waals surface area contributed by atoms with Crippen LogP contribution in [0.5, 0.6) is 0 Å². The Morgan fingerprint density at radius 2 is 1.74 bits per heavy atom. The van der Waals surface area contributed by atoms with Crippen LogP contribution >= 0.6 is 11.3 Å². The highest BCUT2D eigenvalue weighted by molar-refractivity contribution is 7.22. The number of amides is 2. The molecule has 2 unspecified atom stereocenters. The van der Waals surface area contributed by atoms with E-state index in [-0.39, 0.29) is 29.7 Å². The SMILES string of the molecule is NC1CCCC(C(=O)Nc2ccc3nc(NC(=O)C4CCCC4)sc3c2)C1. The van der Waals surface area contributed by atoms with Gasteiger partial charge in [0.05, 0.1) is 10.2 Å². The summed E-state index contributed by atoms with van der Waals surface area (Å²) in [4.78, 5) is 29.3. The number of benzene rings is 1. The van der Waals surface area contributed by atoms with Crippen LogP contribution in [0.1, 0.15) is 51.4 Å². The van der Waals surface area contributed by atoms with Crippen LogP contribution in [0, 0.1) is 11.8 Å². The Morgan fingerprint density at radius 1 is 1.00 bits per heavy atom. The molecule has 0 radical (unpaired) electrons. The molecule has 2 atom stereocenters. The highest BCUT2D eigenvalue weighted by atomic mass is 32.1. The van der Waals surface area contributed by atoms with E-state index in [1.165, 1.54) is 11.3 Å². The lowest BCUT2D eigenvalue weighted by Gasteiger charge is -2.25. The van der Waals surface area contributed by atoms with E-state index in [1.54, 1.807) is 0 Å². The summed E-state index contributed by atoms with van der Waals surface area (Å²) in [5, 5.41) is 6.60. The van der Waals surface area contributed by atoms with Crippen LogP contribution in [0.2, 0.25) is 0 Å². The van der Waals surface area contributed by atoms with Crippen LogP contribution in [-0.4, -0.2) is 22.8 Å². The van der Waals surface area contributed by atoms with Gasteiger partial charge in [0.15, 0.2) is 5.13 Å². The Bertz CT molecular complexity index is 844. The number of aromatic nitrogens is 1. The summed E-state index contributed by atoms with van der Waals surface area (Å²) in [7, 11) is 0. The molecule has 2 amide bonds. The molecule has 1 aromatic heterocycles. The first-order valence-electron chi connectivity index (χ1n) is 9.86. The van der Waals surface area contributed by atoms with E-state index in [9.17, 15) is 9.59 Å². The van der Waals surface area contributed by atoms with E-state index in [4.69, 9.17) is 5.73 Å². The van der Waals surface area contributed by atoms with Crippen molar-refractivity contribution in [3.8, 4) is 0 Å². The van der Waals surface area contributed by atoms with Crippen molar-refractivity contribution >= 4 is 44.2 Å². The van der Waals surface area contributed by atoms with Gasteiger partial charge in [0.2, 0.25) is 11.8 Å². The summed E-state index contributed by atoms with van der Waals surface area (Å²) >= 11 is 1.45. The largest absolute Gasteiger partial charge is 0.328 e. The van der Waals surface area contributed by atoms with Crippen LogP contribution in [0.4, 0.5) is 10.8 Å². The molecule has 1 aromatic carbocycles. The number of anilines is 2. The van der Waals surface area contributed by atoms with Gasteiger partial charge in [0.1, 0.15) is 0 Å². The monoisotopic (exact) mass is 386 g/mol. The first-order chi connectivity index (χ1) is 13.1. The average molecular weight is 387 g/mol. The van der Waals surface area contributed by atoms with E-state index in [0.717, 1.165) is 67.3 Å². The Morgan fingerprint density at radius 3 is 2.52 bits per heavy atom. The molecule has 2 saturated carbocycles. The van der Waals surface area contributed by atoms with E-state index in [2.05, 4.69) is 15.6 Å². The van der Waals surface area contributed by atoms with E-state index < -0.39 is 0 Å². The van der Waals surface area contributed by atoms with E-state index in [1.807, 2.05) is 18.2 Å². The van der Waals surface area contributed by atoms with Gasteiger partial charge in [-0.1, -0.05) is 30.6 Å². The molecule has 27 heavy (non-hydrogen) atoms. The minimum atomic E-state index is -0.00725. The first kappa shape index (κ1) is 18.4. The summed E-state index contributed by atoms with van der Waals surface area (Å²) in [6.07, 6.45) is 7.88. The number of hydrogen-bond donors (Lipinski definition) is 3. The molecule has 6 nitrogen and oxygen atoms in total. The predicted octanol–water partition coefficient (Wildman–Crippen LogP) is 3.88. The fraction of sp³-hybridized carbons (Fsp3) is 0.550. The standard InChI is InChI=1S/C20H26N4O2S/c21-14-7-3-6-13(10-14)19(26)22-15-8-9-16-17(11-15)27-20(23-16)24-18(25)12-4-1-2-5-12/h8-9,11-14H,1-7,10,21H2,(H,22,26)(H,23,24,25). The number of thiazole rings is 1. The van der Waals surface area contributed by atoms with Crippen molar-refractivity contribution < 1.29 is 9.59 Å². The van der Waals surface area contributed by atoms with Crippen molar-refractivity contribution in [2.75, 3.05) is 10.6 Å². The number of carbonyl (C=O) groups is 2. The quantitative estimate of drug-likeness (QED) is 0.743. The fourth-order valence-electron chi connectivity index (χ4n) is 4.16.